The van der Waals surface area contributed by atoms with Gasteiger partial charge in [0, 0.05) is 26.2 Å². The number of amides is 3. The average molecular weight is 642 g/mol. The number of fused-ring (bicyclic) bond motifs is 1. The molecule has 3 fully saturated rings. The number of unbranched alkanes of at least 4 members (excludes halogenated alkanes) is 2. The summed E-state index contributed by atoms with van der Waals surface area (Å²) in [5, 5.41) is 10.8. The van der Waals surface area contributed by atoms with E-state index in [1.807, 2.05) is 67.6 Å². The monoisotopic (exact) mass is 641 g/mol. The fraction of sp³-hybridized carbons (Fsp3) is 0.513. The molecule has 0 aliphatic carbocycles. The number of hydrogen-bond donors (Lipinski definition) is 1. The molecule has 8 heteroatoms. The first-order valence-electron chi connectivity index (χ1n) is 17.3. The molecular weight excluding hydrogens is 590 g/mol. The third-order valence-electron chi connectivity index (χ3n) is 10.6. The van der Waals surface area contributed by atoms with Crippen LogP contribution in [0.4, 0.5) is 0 Å². The van der Waals surface area contributed by atoms with E-state index in [1.165, 1.54) is 0 Å². The van der Waals surface area contributed by atoms with Crippen LogP contribution in [-0.2, 0) is 32.1 Å². The summed E-state index contributed by atoms with van der Waals surface area (Å²) in [6.07, 6.45) is 8.24. The van der Waals surface area contributed by atoms with Crippen LogP contribution >= 0.6 is 0 Å². The van der Waals surface area contributed by atoms with E-state index in [2.05, 4.69) is 20.1 Å². The van der Waals surface area contributed by atoms with Gasteiger partial charge in [0.05, 0.1) is 30.1 Å². The lowest BCUT2D eigenvalue weighted by Gasteiger charge is -2.39. The zero-order valence-electron chi connectivity index (χ0n) is 28.1. The number of carbonyl (C=O) groups is 3. The lowest BCUT2D eigenvalue weighted by molar-refractivity contribution is -0.158. The highest BCUT2D eigenvalue weighted by atomic mass is 16.5. The number of nitrogens with zero attached hydrogens (tertiary/aromatic N) is 3. The Kier molecular flexibility index (Phi) is 11.0. The SMILES string of the molecule is C=CCN(CCCCC)C(=O)C1N([C@@H](CO)Cc2ccccc2)C(=O)[C@@H]2[C@@H](C(=O)N(CC=C)Cc3ccccc3)[C@@]3(CC)CCC12O3. The molecule has 2 bridgehead atoms. The molecule has 252 valence electrons. The predicted molar refractivity (Wildman–Crippen MR) is 183 cm³/mol. The van der Waals surface area contributed by atoms with Gasteiger partial charge in [-0.1, -0.05) is 99.5 Å². The van der Waals surface area contributed by atoms with Crippen molar-refractivity contribution in [3.63, 3.8) is 0 Å². The Morgan fingerprint density at radius 1 is 0.957 bits per heavy atom. The molecule has 47 heavy (non-hydrogen) atoms. The van der Waals surface area contributed by atoms with E-state index in [0.29, 0.717) is 51.9 Å². The van der Waals surface area contributed by atoms with Crippen molar-refractivity contribution in [1.82, 2.24) is 14.7 Å². The summed E-state index contributed by atoms with van der Waals surface area (Å²) in [6, 6.07) is 17.9. The molecule has 0 radical (unpaired) electrons. The van der Waals surface area contributed by atoms with Crippen molar-refractivity contribution in [3.05, 3.63) is 97.1 Å². The third-order valence-corrected chi connectivity index (χ3v) is 10.6. The lowest BCUT2D eigenvalue weighted by atomic mass is 9.64. The predicted octanol–water partition coefficient (Wildman–Crippen LogP) is 5.16. The van der Waals surface area contributed by atoms with Crippen molar-refractivity contribution in [2.24, 2.45) is 11.8 Å². The van der Waals surface area contributed by atoms with Crippen molar-refractivity contribution >= 4 is 17.7 Å². The summed E-state index contributed by atoms with van der Waals surface area (Å²) in [6.45, 7) is 13.2. The summed E-state index contributed by atoms with van der Waals surface area (Å²) >= 11 is 0. The second-order valence-electron chi connectivity index (χ2n) is 13.4. The fourth-order valence-electron chi connectivity index (χ4n) is 8.40. The van der Waals surface area contributed by atoms with Crippen LogP contribution in [0.15, 0.2) is 86.0 Å². The van der Waals surface area contributed by atoms with Gasteiger partial charge in [0.2, 0.25) is 17.7 Å². The average Bonchev–Trinajstić information content (AvgIpc) is 3.70. The van der Waals surface area contributed by atoms with Crippen molar-refractivity contribution in [2.75, 3.05) is 26.2 Å². The second kappa shape index (κ2) is 15.0. The zero-order valence-corrected chi connectivity index (χ0v) is 28.1. The minimum atomic E-state index is -1.18. The van der Waals surface area contributed by atoms with Crippen molar-refractivity contribution in [2.45, 2.75) is 88.6 Å². The first-order chi connectivity index (χ1) is 22.8. The summed E-state index contributed by atoms with van der Waals surface area (Å²) in [7, 11) is 0. The van der Waals surface area contributed by atoms with E-state index >= 15 is 0 Å². The molecule has 3 amide bonds. The molecule has 6 atom stereocenters. The molecule has 0 aromatic heterocycles. The number of hydrogen-bond acceptors (Lipinski definition) is 5. The Morgan fingerprint density at radius 2 is 1.60 bits per heavy atom. The van der Waals surface area contributed by atoms with Crippen LogP contribution < -0.4 is 0 Å². The van der Waals surface area contributed by atoms with Crippen LogP contribution in [0.1, 0.15) is 63.5 Å². The van der Waals surface area contributed by atoms with Gasteiger partial charge in [0.25, 0.3) is 0 Å². The molecule has 3 heterocycles. The van der Waals surface area contributed by atoms with Gasteiger partial charge >= 0.3 is 0 Å². The van der Waals surface area contributed by atoms with Crippen molar-refractivity contribution in [1.29, 1.82) is 0 Å². The molecular formula is C39H51N3O5. The number of likely N-dealkylation sites (tertiary alicyclic amines) is 1. The van der Waals surface area contributed by atoms with Gasteiger partial charge in [-0.3, -0.25) is 14.4 Å². The Morgan fingerprint density at radius 3 is 2.19 bits per heavy atom. The minimum Gasteiger partial charge on any atom is -0.394 e. The maximum Gasteiger partial charge on any atom is 0.248 e. The van der Waals surface area contributed by atoms with Gasteiger partial charge in [0.1, 0.15) is 11.6 Å². The van der Waals surface area contributed by atoms with Crippen molar-refractivity contribution in [3.8, 4) is 0 Å². The first-order valence-corrected chi connectivity index (χ1v) is 17.3. The molecule has 3 aliphatic rings. The van der Waals surface area contributed by atoms with Gasteiger partial charge in [-0.25, -0.2) is 0 Å². The van der Waals surface area contributed by atoms with Gasteiger partial charge in [-0.05, 0) is 43.2 Å². The molecule has 2 aromatic rings. The van der Waals surface area contributed by atoms with Crippen LogP contribution in [0, 0.1) is 11.8 Å². The molecule has 3 saturated heterocycles. The van der Waals surface area contributed by atoms with Gasteiger partial charge in [0.15, 0.2) is 0 Å². The van der Waals surface area contributed by atoms with E-state index in [0.717, 1.165) is 30.4 Å². The highest BCUT2D eigenvalue weighted by Gasteiger charge is 2.79. The Labute approximate surface area is 280 Å². The normalized spacial score (nSPS) is 26.6. The van der Waals surface area contributed by atoms with Crippen molar-refractivity contribution < 1.29 is 24.2 Å². The van der Waals surface area contributed by atoms with Crippen LogP contribution in [0.3, 0.4) is 0 Å². The number of benzene rings is 2. The number of ether oxygens (including phenoxy) is 1. The van der Waals surface area contributed by atoms with Crippen LogP contribution in [-0.4, -0.2) is 87.1 Å². The third kappa shape index (κ3) is 6.42. The Balaban J connectivity index is 1.59. The van der Waals surface area contributed by atoms with E-state index in [9.17, 15) is 19.5 Å². The maximum absolute atomic E-state index is 15.0. The second-order valence-corrected chi connectivity index (χ2v) is 13.4. The largest absolute Gasteiger partial charge is 0.394 e. The molecule has 0 saturated carbocycles. The van der Waals surface area contributed by atoms with Gasteiger partial charge < -0.3 is 24.5 Å². The lowest BCUT2D eigenvalue weighted by Crippen LogP contribution is -2.59. The van der Waals surface area contributed by atoms with Gasteiger partial charge in [-0.15, -0.1) is 13.2 Å². The standard InChI is InChI=1S/C39H51N3O5/c1-5-9-16-25-40(23-6-2)37(46)34-39-22-21-38(8-4,47-39)32(35(44)41(24-7-3)27-30-19-14-11-15-20-30)33(39)36(45)42(34)31(28-43)26-29-17-12-10-13-18-29/h6-7,10-15,17-20,31-34,43H,2-3,5,8-9,16,21-28H2,1,4H3/t31-,32+,33+,34?,38-,39?/m1/s1. The maximum atomic E-state index is 15.0. The first kappa shape index (κ1) is 34.6. The summed E-state index contributed by atoms with van der Waals surface area (Å²) in [4.78, 5) is 49.8. The minimum absolute atomic E-state index is 0.155. The summed E-state index contributed by atoms with van der Waals surface area (Å²) < 4.78 is 7.08. The Bertz CT molecular complexity index is 1420. The molecule has 5 rings (SSSR count). The molecule has 8 nitrogen and oxygen atoms in total. The van der Waals surface area contributed by atoms with Crippen LogP contribution in [0.25, 0.3) is 0 Å². The number of carbonyl (C=O) groups excluding carboxylic acids is 3. The molecule has 2 unspecified atom stereocenters. The van der Waals surface area contributed by atoms with Gasteiger partial charge in [-0.2, -0.15) is 0 Å². The summed E-state index contributed by atoms with van der Waals surface area (Å²) in [5.74, 6) is -2.24. The number of aliphatic hydroxyl groups is 1. The highest BCUT2D eigenvalue weighted by molar-refractivity contribution is 5.99. The quantitative estimate of drug-likeness (QED) is 0.190. The molecule has 1 spiro atoms. The fourth-order valence-corrected chi connectivity index (χ4v) is 8.40. The zero-order chi connectivity index (χ0) is 33.6. The topological polar surface area (TPSA) is 90.4 Å². The molecule has 2 aromatic carbocycles. The van der Waals surface area contributed by atoms with Crippen LogP contribution in [0.2, 0.25) is 0 Å². The number of aliphatic hydroxyl groups excluding tert-OH is 1. The smallest absolute Gasteiger partial charge is 0.248 e. The Hall–Kier alpha value is -3.75. The van der Waals surface area contributed by atoms with E-state index < -0.39 is 35.1 Å². The summed E-state index contributed by atoms with van der Waals surface area (Å²) in [5.41, 5.74) is -0.105. The van der Waals surface area contributed by atoms with Crippen LogP contribution in [0.5, 0.6) is 0 Å². The van der Waals surface area contributed by atoms with E-state index in [1.54, 1.807) is 26.9 Å². The molecule has 1 N–H and O–H groups in total. The van der Waals surface area contributed by atoms with E-state index in [-0.39, 0.29) is 24.3 Å². The highest BCUT2D eigenvalue weighted by Crippen LogP contribution is 2.65. The molecule has 3 aliphatic heterocycles. The van der Waals surface area contributed by atoms with E-state index in [4.69, 9.17) is 4.74 Å². The number of rotatable bonds is 17.